The van der Waals surface area contributed by atoms with Gasteiger partial charge in [0, 0.05) is 24.0 Å². The van der Waals surface area contributed by atoms with Crippen molar-refractivity contribution in [1.82, 2.24) is 9.62 Å². The molecule has 1 saturated heterocycles. The van der Waals surface area contributed by atoms with E-state index in [1.807, 2.05) is 18.4 Å². The van der Waals surface area contributed by atoms with Gasteiger partial charge in [-0.2, -0.15) is 0 Å². The van der Waals surface area contributed by atoms with E-state index < -0.39 is 10.0 Å². The number of thiophene rings is 1. The number of piperidine rings is 1. The minimum absolute atomic E-state index is 0.00738. The standard InChI is InChI=1S/C15H26N2O2S2/c1-13(12-15-7-5-10-20-15)17(2)21(18,19)11-8-14-6-3-4-9-16-14/h5,7,10,13-14,16H,3-4,6,8-9,11-12H2,1-2H3. The van der Waals surface area contributed by atoms with Crippen LogP contribution in [-0.2, 0) is 16.4 Å². The molecule has 0 aromatic carbocycles. The number of nitrogens with one attached hydrogen (secondary N) is 1. The van der Waals surface area contributed by atoms with E-state index in [2.05, 4.69) is 11.4 Å². The molecule has 2 unspecified atom stereocenters. The van der Waals surface area contributed by atoms with Crippen LogP contribution in [0.5, 0.6) is 0 Å². The van der Waals surface area contributed by atoms with Crippen LogP contribution in [-0.4, -0.2) is 44.2 Å². The Morgan fingerprint density at radius 1 is 1.48 bits per heavy atom. The largest absolute Gasteiger partial charge is 0.314 e. The highest BCUT2D eigenvalue weighted by Gasteiger charge is 2.25. The minimum Gasteiger partial charge on any atom is -0.314 e. The van der Waals surface area contributed by atoms with Crippen LogP contribution in [0.1, 0.15) is 37.5 Å². The number of sulfonamides is 1. The molecule has 1 aliphatic rings. The van der Waals surface area contributed by atoms with Gasteiger partial charge >= 0.3 is 0 Å². The number of nitrogens with zero attached hydrogens (tertiary/aromatic N) is 1. The first-order valence-corrected chi connectivity index (χ1v) is 10.2. The van der Waals surface area contributed by atoms with Gasteiger partial charge in [-0.25, -0.2) is 12.7 Å². The summed E-state index contributed by atoms with van der Waals surface area (Å²) in [5.41, 5.74) is 0. The molecule has 1 aromatic heterocycles. The highest BCUT2D eigenvalue weighted by molar-refractivity contribution is 7.89. The average molecular weight is 331 g/mol. The highest BCUT2D eigenvalue weighted by atomic mass is 32.2. The Labute approximate surface area is 132 Å². The summed E-state index contributed by atoms with van der Waals surface area (Å²) in [6.45, 7) is 3.01. The smallest absolute Gasteiger partial charge is 0.214 e. The Kier molecular flexibility index (Phi) is 6.22. The molecule has 0 saturated carbocycles. The zero-order valence-electron chi connectivity index (χ0n) is 12.9. The molecule has 0 amide bonds. The Hall–Kier alpha value is -0.430. The van der Waals surface area contributed by atoms with Gasteiger partial charge in [0.2, 0.25) is 10.0 Å². The molecule has 21 heavy (non-hydrogen) atoms. The first-order valence-electron chi connectivity index (χ1n) is 7.70. The maximum Gasteiger partial charge on any atom is 0.214 e. The van der Waals surface area contributed by atoms with E-state index in [0.29, 0.717) is 6.04 Å². The molecule has 2 heterocycles. The van der Waals surface area contributed by atoms with Crippen LogP contribution < -0.4 is 5.32 Å². The van der Waals surface area contributed by atoms with Gasteiger partial charge in [-0.05, 0) is 50.6 Å². The summed E-state index contributed by atoms with van der Waals surface area (Å²) in [5, 5.41) is 5.45. The fourth-order valence-corrected chi connectivity index (χ4v) is 5.05. The van der Waals surface area contributed by atoms with Gasteiger partial charge in [-0.15, -0.1) is 11.3 Å². The van der Waals surface area contributed by atoms with Crippen LogP contribution in [0, 0.1) is 0 Å². The van der Waals surface area contributed by atoms with Crippen molar-refractivity contribution in [1.29, 1.82) is 0 Å². The molecular formula is C15H26N2O2S2. The van der Waals surface area contributed by atoms with Crippen molar-refractivity contribution in [3.63, 3.8) is 0 Å². The zero-order chi connectivity index (χ0) is 15.3. The molecule has 0 aliphatic carbocycles. The second-order valence-electron chi connectivity index (χ2n) is 5.90. The lowest BCUT2D eigenvalue weighted by Gasteiger charge is -2.27. The van der Waals surface area contributed by atoms with Gasteiger partial charge in [0.25, 0.3) is 0 Å². The Balaban J connectivity index is 1.85. The van der Waals surface area contributed by atoms with Gasteiger partial charge in [0.1, 0.15) is 0 Å². The molecule has 1 aromatic rings. The van der Waals surface area contributed by atoms with Crippen LogP contribution >= 0.6 is 11.3 Å². The normalized spacial score (nSPS) is 21.6. The number of hydrogen-bond donors (Lipinski definition) is 1. The number of rotatable bonds is 7. The molecule has 0 spiro atoms. The molecule has 0 bridgehead atoms. The van der Waals surface area contributed by atoms with E-state index in [4.69, 9.17) is 0 Å². The lowest BCUT2D eigenvalue weighted by atomic mass is 10.0. The first kappa shape index (κ1) is 16.9. The number of hydrogen-bond acceptors (Lipinski definition) is 4. The molecule has 2 atom stereocenters. The van der Waals surface area contributed by atoms with E-state index in [0.717, 1.165) is 25.8 Å². The van der Waals surface area contributed by atoms with Crippen LogP contribution in [0.25, 0.3) is 0 Å². The Bertz CT molecular complexity index is 508. The van der Waals surface area contributed by atoms with Crippen LogP contribution in [0.2, 0.25) is 0 Å². The van der Waals surface area contributed by atoms with Crippen molar-refractivity contribution >= 4 is 21.4 Å². The van der Waals surface area contributed by atoms with E-state index in [1.165, 1.54) is 17.7 Å². The van der Waals surface area contributed by atoms with Crippen molar-refractivity contribution in [2.75, 3.05) is 19.3 Å². The maximum atomic E-state index is 12.4. The molecule has 1 N–H and O–H groups in total. The second kappa shape index (κ2) is 7.72. The molecular weight excluding hydrogens is 304 g/mol. The van der Waals surface area contributed by atoms with Gasteiger partial charge < -0.3 is 5.32 Å². The lowest BCUT2D eigenvalue weighted by molar-refractivity contribution is 0.372. The molecule has 1 fully saturated rings. The van der Waals surface area contributed by atoms with E-state index in [-0.39, 0.29) is 11.8 Å². The van der Waals surface area contributed by atoms with E-state index in [9.17, 15) is 8.42 Å². The predicted octanol–water partition coefficient (Wildman–Crippen LogP) is 2.47. The van der Waals surface area contributed by atoms with Crippen LogP contribution in [0.3, 0.4) is 0 Å². The summed E-state index contributed by atoms with van der Waals surface area (Å²) in [6.07, 6.45) is 5.03. The summed E-state index contributed by atoms with van der Waals surface area (Å²) >= 11 is 1.68. The third kappa shape index (κ3) is 5.06. The van der Waals surface area contributed by atoms with Crippen molar-refractivity contribution in [2.24, 2.45) is 0 Å². The van der Waals surface area contributed by atoms with Crippen molar-refractivity contribution < 1.29 is 8.42 Å². The summed E-state index contributed by atoms with van der Waals surface area (Å²) in [4.78, 5) is 1.23. The number of likely N-dealkylation sites (N-methyl/N-ethyl adjacent to an activating group) is 1. The molecule has 2 rings (SSSR count). The Morgan fingerprint density at radius 3 is 2.90 bits per heavy atom. The van der Waals surface area contributed by atoms with Gasteiger partial charge in [-0.3, -0.25) is 0 Å². The average Bonchev–Trinajstić information content (AvgIpc) is 2.98. The van der Waals surface area contributed by atoms with E-state index in [1.54, 1.807) is 22.7 Å². The second-order valence-corrected chi connectivity index (χ2v) is 9.08. The quantitative estimate of drug-likeness (QED) is 0.835. The molecule has 6 heteroatoms. The summed E-state index contributed by atoms with van der Waals surface area (Å²) in [7, 11) is -1.45. The minimum atomic E-state index is -3.16. The lowest BCUT2D eigenvalue weighted by Crippen LogP contribution is -2.40. The van der Waals surface area contributed by atoms with E-state index >= 15 is 0 Å². The zero-order valence-corrected chi connectivity index (χ0v) is 14.5. The van der Waals surface area contributed by atoms with Crippen LogP contribution in [0.15, 0.2) is 17.5 Å². The molecule has 120 valence electrons. The summed E-state index contributed by atoms with van der Waals surface area (Å²) in [6, 6.07) is 4.45. The third-order valence-corrected chi connectivity index (χ3v) is 7.16. The monoisotopic (exact) mass is 330 g/mol. The summed E-state index contributed by atoms with van der Waals surface area (Å²) in [5.74, 6) is 0.246. The van der Waals surface area contributed by atoms with Gasteiger partial charge in [-0.1, -0.05) is 12.5 Å². The topological polar surface area (TPSA) is 49.4 Å². The summed E-state index contributed by atoms with van der Waals surface area (Å²) < 4.78 is 26.4. The molecule has 0 radical (unpaired) electrons. The van der Waals surface area contributed by atoms with Gasteiger partial charge in [0.15, 0.2) is 0 Å². The molecule has 4 nitrogen and oxygen atoms in total. The van der Waals surface area contributed by atoms with Crippen LogP contribution in [0.4, 0.5) is 0 Å². The van der Waals surface area contributed by atoms with Crippen molar-refractivity contribution in [3.8, 4) is 0 Å². The van der Waals surface area contributed by atoms with Gasteiger partial charge in [0.05, 0.1) is 5.75 Å². The Morgan fingerprint density at radius 2 is 2.29 bits per heavy atom. The fraction of sp³-hybridized carbons (Fsp3) is 0.733. The SMILES string of the molecule is CC(Cc1cccs1)N(C)S(=O)(=O)CCC1CCCCN1. The van der Waals surface area contributed by atoms with Crippen molar-refractivity contribution in [2.45, 2.75) is 51.1 Å². The van der Waals surface area contributed by atoms with Crippen molar-refractivity contribution in [3.05, 3.63) is 22.4 Å². The fourth-order valence-electron chi connectivity index (χ4n) is 2.73. The molecule has 1 aliphatic heterocycles. The third-order valence-electron chi connectivity index (χ3n) is 4.27. The first-order chi connectivity index (χ1) is 9.99. The predicted molar refractivity (Wildman–Crippen MR) is 89.3 cm³/mol. The maximum absolute atomic E-state index is 12.4. The highest BCUT2D eigenvalue weighted by Crippen LogP contribution is 2.17.